The van der Waals surface area contributed by atoms with Gasteiger partial charge in [-0.25, -0.2) is 0 Å². The first-order chi connectivity index (χ1) is 12.1. The highest BCUT2D eigenvalue weighted by molar-refractivity contribution is 7.10. The molecule has 3 amide bonds. The van der Waals surface area contributed by atoms with Crippen LogP contribution in [0.3, 0.4) is 0 Å². The predicted octanol–water partition coefficient (Wildman–Crippen LogP) is 2.58. The Kier molecular flexibility index (Phi) is 4.13. The molecule has 0 aliphatic carbocycles. The van der Waals surface area contributed by atoms with Crippen molar-refractivity contribution in [1.82, 2.24) is 9.80 Å². The van der Waals surface area contributed by atoms with Gasteiger partial charge in [0, 0.05) is 24.0 Å². The SMILES string of the molecule is O=C(Cc1cccs1)N1CCC(N2C(=O)c3ccccc3C2=O)CC1. The Hall–Kier alpha value is -2.47. The van der Waals surface area contributed by atoms with Gasteiger partial charge in [-0.3, -0.25) is 19.3 Å². The summed E-state index contributed by atoms with van der Waals surface area (Å²) in [6.07, 6.45) is 1.71. The van der Waals surface area contributed by atoms with Gasteiger partial charge >= 0.3 is 0 Å². The average molecular weight is 354 g/mol. The molecule has 1 aromatic heterocycles. The third-order valence-corrected chi connectivity index (χ3v) is 5.79. The van der Waals surface area contributed by atoms with Crippen LogP contribution in [0.1, 0.15) is 38.4 Å². The van der Waals surface area contributed by atoms with E-state index in [-0.39, 0.29) is 23.8 Å². The summed E-state index contributed by atoms with van der Waals surface area (Å²) in [5, 5.41) is 1.97. The first-order valence-electron chi connectivity index (χ1n) is 8.42. The van der Waals surface area contributed by atoms with E-state index in [4.69, 9.17) is 0 Å². The van der Waals surface area contributed by atoms with E-state index in [2.05, 4.69) is 0 Å². The number of carbonyl (C=O) groups is 3. The number of carbonyl (C=O) groups excluding carboxylic acids is 3. The number of piperidine rings is 1. The van der Waals surface area contributed by atoms with Gasteiger partial charge in [0.15, 0.2) is 0 Å². The number of hydrogen-bond donors (Lipinski definition) is 0. The molecule has 2 aliphatic heterocycles. The number of fused-ring (bicyclic) bond motifs is 1. The van der Waals surface area contributed by atoms with Crippen molar-refractivity contribution < 1.29 is 14.4 Å². The summed E-state index contributed by atoms with van der Waals surface area (Å²) in [4.78, 5) is 41.8. The molecule has 1 saturated heterocycles. The Labute approximate surface area is 149 Å². The smallest absolute Gasteiger partial charge is 0.261 e. The van der Waals surface area contributed by atoms with Crippen LogP contribution in [-0.2, 0) is 11.2 Å². The maximum absolute atomic E-state index is 12.6. The van der Waals surface area contributed by atoms with Crippen LogP contribution in [0.2, 0.25) is 0 Å². The second-order valence-corrected chi connectivity index (χ2v) is 7.43. The quantitative estimate of drug-likeness (QED) is 0.796. The number of nitrogens with zero attached hydrogens (tertiary/aromatic N) is 2. The summed E-state index contributed by atoms with van der Waals surface area (Å²) in [7, 11) is 0. The molecular weight excluding hydrogens is 336 g/mol. The number of benzene rings is 1. The van der Waals surface area contributed by atoms with E-state index in [1.807, 2.05) is 22.4 Å². The van der Waals surface area contributed by atoms with Crippen LogP contribution in [0.25, 0.3) is 0 Å². The zero-order valence-electron chi connectivity index (χ0n) is 13.7. The largest absolute Gasteiger partial charge is 0.342 e. The van der Waals surface area contributed by atoms with Crippen molar-refractivity contribution in [1.29, 1.82) is 0 Å². The number of thiophene rings is 1. The number of likely N-dealkylation sites (tertiary alicyclic amines) is 1. The van der Waals surface area contributed by atoms with E-state index < -0.39 is 0 Å². The van der Waals surface area contributed by atoms with Crippen molar-refractivity contribution in [2.45, 2.75) is 25.3 Å². The average Bonchev–Trinajstić information content (AvgIpc) is 3.23. The van der Waals surface area contributed by atoms with Gasteiger partial charge in [0.25, 0.3) is 11.8 Å². The molecule has 25 heavy (non-hydrogen) atoms. The molecule has 0 bridgehead atoms. The molecule has 0 N–H and O–H groups in total. The number of rotatable bonds is 3. The van der Waals surface area contributed by atoms with Crippen LogP contribution in [0, 0.1) is 0 Å². The first kappa shape index (κ1) is 16.0. The topological polar surface area (TPSA) is 57.7 Å². The molecule has 0 atom stereocenters. The normalized spacial score (nSPS) is 17.9. The number of imide groups is 1. The van der Waals surface area contributed by atoms with Crippen LogP contribution < -0.4 is 0 Å². The van der Waals surface area contributed by atoms with Gasteiger partial charge in [-0.15, -0.1) is 11.3 Å². The number of hydrogen-bond acceptors (Lipinski definition) is 4. The van der Waals surface area contributed by atoms with Crippen molar-refractivity contribution in [3.63, 3.8) is 0 Å². The zero-order chi connectivity index (χ0) is 17.4. The molecule has 2 aliphatic rings. The van der Waals surface area contributed by atoms with Gasteiger partial charge in [-0.2, -0.15) is 0 Å². The maximum Gasteiger partial charge on any atom is 0.261 e. The molecule has 2 aromatic rings. The van der Waals surface area contributed by atoms with E-state index in [0.29, 0.717) is 43.5 Å². The van der Waals surface area contributed by atoms with E-state index >= 15 is 0 Å². The first-order valence-corrected chi connectivity index (χ1v) is 9.30. The summed E-state index contributed by atoms with van der Waals surface area (Å²) in [6.45, 7) is 1.17. The highest BCUT2D eigenvalue weighted by Gasteiger charge is 2.40. The van der Waals surface area contributed by atoms with E-state index in [1.54, 1.807) is 35.6 Å². The minimum Gasteiger partial charge on any atom is -0.342 e. The van der Waals surface area contributed by atoms with Crippen LogP contribution in [-0.4, -0.2) is 46.7 Å². The molecule has 0 radical (unpaired) electrons. The Morgan fingerprint density at radius 3 is 2.20 bits per heavy atom. The predicted molar refractivity (Wildman–Crippen MR) is 94.6 cm³/mol. The summed E-state index contributed by atoms with van der Waals surface area (Å²) in [5.74, 6) is -0.295. The molecule has 0 unspecified atom stereocenters. The molecule has 0 spiro atoms. The van der Waals surface area contributed by atoms with Crippen molar-refractivity contribution >= 4 is 29.1 Å². The fourth-order valence-corrected chi connectivity index (χ4v) is 4.28. The summed E-state index contributed by atoms with van der Waals surface area (Å²) < 4.78 is 0. The summed E-state index contributed by atoms with van der Waals surface area (Å²) in [5.41, 5.74) is 0.979. The van der Waals surface area contributed by atoms with Gasteiger partial charge < -0.3 is 4.90 Å². The second kappa shape index (κ2) is 6.44. The van der Waals surface area contributed by atoms with E-state index in [1.165, 1.54) is 4.90 Å². The van der Waals surface area contributed by atoms with Crippen molar-refractivity contribution in [3.05, 3.63) is 57.8 Å². The minimum absolute atomic E-state index is 0.114. The van der Waals surface area contributed by atoms with Gasteiger partial charge in [0.2, 0.25) is 5.91 Å². The second-order valence-electron chi connectivity index (χ2n) is 6.39. The fourth-order valence-electron chi connectivity index (χ4n) is 3.59. The molecule has 3 heterocycles. The zero-order valence-corrected chi connectivity index (χ0v) is 14.5. The molecule has 4 rings (SSSR count). The van der Waals surface area contributed by atoms with E-state index in [9.17, 15) is 14.4 Å². The van der Waals surface area contributed by atoms with Gasteiger partial charge in [0.05, 0.1) is 17.5 Å². The lowest BCUT2D eigenvalue weighted by Crippen LogP contribution is -2.49. The monoisotopic (exact) mass is 354 g/mol. The maximum atomic E-state index is 12.6. The molecule has 0 saturated carbocycles. The van der Waals surface area contributed by atoms with Crippen molar-refractivity contribution in [2.75, 3.05) is 13.1 Å². The Morgan fingerprint density at radius 2 is 1.64 bits per heavy atom. The van der Waals surface area contributed by atoms with Crippen molar-refractivity contribution in [2.24, 2.45) is 0 Å². The lowest BCUT2D eigenvalue weighted by atomic mass is 10.0. The highest BCUT2D eigenvalue weighted by Crippen LogP contribution is 2.28. The molecule has 6 heteroatoms. The van der Waals surface area contributed by atoms with Gasteiger partial charge in [-0.05, 0) is 36.4 Å². The standard InChI is InChI=1S/C19H18N2O3S/c22-17(12-14-4-3-11-25-14)20-9-7-13(8-10-20)21-18(23)15-5-1-2-6-16(15)19(21)24/h1-6,11,13H,7-10,12H2. The molecule has 5 nitrogen and oxygen atoms in total. The van der Waals surface area contributed by atoms with E-state index in [0.717, 1.165) is 4.88 Å². The third-order valence-electron chi connectivity index (χ3n) is 4.91. The minimum atomic E-state index is -0.205. The molecular formula is C19H18N2O3S. The van der Waals surface area contributed by atoms with Crippen LogP contribution in [0.5, 0.6) is 0 Å². The Bertz CT molecular complexity index is 788. The van der Waals surface area contributed by atoms with Gasteiger partial charge in [0.1, 0.15) is 0 Å². The Balaban J connectivity index is 1.40. The molecule has 128 valence electrons. The summed E-state index contributed by atoms with van der Waals surface area (Å²) in [6, 6.07) is 10.7. The van der Waals surface area contributed by atoms with Crippen molar-refractivity contribution in [3.8, 4) is 0 Å². The lowest BCUT2D eigenvalue weighted by Gasteiger charge is -2.35. The number of amides is 3. The lowest BCUT2D eigenvalue weighted by molar-refractivity contribution is -0.131. The van der Waals surface area contributed by atoms with Gasteiger partial charge in [-0.1, -0.05) is 18.2 Å². The summed E-state index contributed by atoms with van der Waals surface area (Å²) >= 11 is 1.58. The molecule has 1 fully saturated rings. The fraction of sp³-hybridized carbons (Fsp3) is 0.316. The van der Waals surface area contributed by atoms with Crippen LogP contribution >= 0.6 is 11.3 Å². The molecule has 1 aromatic carbocycles. The Morgan fingerprint density at radius 1 is 1.00 bits per heavy atom. The highest BCUT2D eigenvalue weighted by atomic mass is 32.1. The third kappa shape index (κ3) is 2.87. The van der Waals surface area contributed by atoms with Crippen LogP contribution in [0.4, 0.5) is 0 Å². The van der Waals surface area contributed by atoms with Crippen LogP contribution in [0.15, 0.2) is 41.8 Å².